The molecular formula is C46H65N4O4Si2-. The van der Waals surface area contributed by atoms with Crippen LogP contribution in [0.15, 0.2) is 72.8 Å². The molecule has 302 valence electrons. The van der Waals surface area contributed by atoms with E-state index in [-0.39, 0.29) is 63.9 Å². The van der Waals surface area contributed by atoms with Crippen LogP contribution < -0.4 is 9.80 Å². The van der Waals surface area contributed by atoms with Crippen LogP contribution >= 0.6 is 0 Å². The van der Waals surface area contributed by atoms with Gasteiger partial charge in [0.2, 0.25) is 11.8 Å². The predicted molar refractivity (Wildman–Crippen MR) is 232 cm³/mol. The van der Waals surface area contributed by atoms with Gasteiger partial charge in [-0.3, -0.25) is 29.2 Å². The van der Waals surface area contributed by atoms with Crippen molar-refractivity contribution >= 4 is 39.8 Å². The van der Waals surface area contributed by atoms with E-state index >= 15 is 0 Å². The summed E-state index contributed by atoms with van der Waals surface area (Å²) >= 11 is 0. The van der Waals surface area contributed by atoms with Crippen LogP contribution in [0.25, 0.3) is 0 Å². The van der Waals surface area contributed by atoms with Crippen LogP contribution in [0.4, 0.5) is 11.4 Å². The highest BCUT2D eigenvalue weighted by molar-refractivity contribution is 6.74. The molecule has 3 aromatic rings. The summed E-state index contributed by atoms with van der Waals surface area (Å²) in [6.07, 6.45) is 0.521. The van der Waals surface area contributed by atoms with E-state index in [1.54, 1.807) is 0 Å². The molecule has 0 bridgehead atoms. The van der Waals surface area contributed by atoms with Crippen LogP contribution in [0.3, 0.4) is 0 Å². The van der Waals surface area contributed by atoms with Gasteiger partial charge in [0.25, 0.3) is 0 Å². The normalized spacial score (nSPS) is 26.7. The van der Waals surface area contributed by atoms with Gasteiger partial charge in [0.05, 0.1) is 36.6 Å². The van der Waals surface area contributed by atoms with E-state index in [1.165, 1.54) is 0 Å². The van der Waals surface area contributed by atoms with Gasteiger partial charge in [-0.2, -0.15) is 23.8 Å². The van der Waals surface area contributed by atoms with Crippen LogP contribution in [0.5, 0.6) is 0 Å². The second kappa shape index (κ2) is 14.3. The van der Waals surface area contributed by atoms with Gasteiger partial charge >= 0.3 is 0 Å². The molecule has 0 radical (unpaired) electrons. The molecule has 0 unspecified atom stereocenters. The van der Waals surface area contributed by atoms with Crippen molar-refractivity contribution in [3.63, 3.8) is 0 Å². The number of carbonyl (C=O) groups excluding carboxylic acids is 2. The third-order valence-corrected chi connectivity index (χ3v) is 22.8. The molecule has 0 aromatic heterocycles. The summed E-state index contributed by atoms with van der Waals surface area (Å²) in [4.78, 5) is 38.1. The summed E-state index contributed by atoms with van der Waals surface area (Å²) in [5, 5.41) is 0.128. The molecule has 4 aliphatic rings. The molecule has 2 amide bonds. The predicted octanol–water partition coefficient (Wildman–Crippen LogP) is 9.80. The molecule has 3 aromatic carbocycles. The number of anilines is 2. The molecule has 6 atom stereocenters. The van der Waals surface area contributed by atoms with Gasteiger partial charge in [0.1, 0.15) is 0 Å². The zero-order valence-electron chi connectivity index (χ0n) is 36.1. The third kappa shape index (κ3) is 7.39. The first-order chi connectivity index (χ1) is 26.0. The van der Waals surface area contributed by atoms with E-state index in [2.05, 4.69) is 117 Å². The van der Waals surface area contributed by atoms with Gasteiger partial charge in [-0.15, -0.1) is 11.1 Å². The molecular weight excluding hydrogens is 729 g/mol. The number of hydrogen-bond donors (Lipinski definition) is 0. The fourth-order valence-corrected chi connectivity index (χ4v) is 11.3. The Morgan fingerprint density at radius 1 is 0.589 bits per heavy atom. The maximum Gasteiger partial charge on any atom is 0.246 e. The van der Waals surface area contributed by atoms with E-state index < -0.39 is 16.6 Å². The first-order valence-corrected chi connectivity index (χ1v) is 26.5. The number of amides is 2. The smallest absolute Gasteiger partial charge is 0.246 e. The fraction of sp³-hybridized carbons (Fsp3) is 0.565. The molecule has 4 aliphatic heterocycles. The van der Waals surface area contributed by atoms with Crippen LogP contribution in [-0.4, -0.2) is 75.6 Å². The van der Waals surface area contributed by atoms with Crippen molar-refractivity contribution in [2.75, 3.05) is 22.9 Å². The minimum atomic E-state index is -2.08. The van der Waals surface area contributed by atoms with E-state index in [0.29, 0.717) is 25.9 Å². The maximum absolute atomic E-state index is 14.7. The third-order valence-electron chi connectivity index (χ3n) is 13.7. The SMILES string of the molecule is CC(C)(C)c1cc([C@H]2N(c3ccccc3)C(=O)[C@@H]3C[C@@H](O[Si](C)(C)C(C)(C)C)CN32)[c-]c([C@H]2N(c3ccccc3)C(=O)[C@@H]3C[C@@H](O[Si](C)(C)C(C)(C)C)CN32)c1. The molecule has 10 heteroatoms. The molecule has 8 nitrogen and oxygen atoms in total. The number of benzene rings is 3. The van der Waals surface area contributed by atoms with Crippen molar-refractivity contribution in [3.05, 3.63) is 95.6 Å². The van der Waals surface area contributed by atoms with Crippen LogP contribution in [0.2, 0.25) is 36.3 Å². The quantitative estimate of drug-likeness (QED) is 0.167. The van der Waals surface area contributed by atoms with Crippen molar-refractivity contribution in [1.29, 1.82) is 0 Å². The lowest BCUT2D eigenvalue weighted by atomic mass is 9.84. The minimum Gasteiger partial charge on any atom is -0.413 e. The molecule has 0 aliphatic carbocycles. The highest BCUT2D eigenvalue weighted by Gasteiger charge is 2.55. The van der Waals surface area contributed by atoms with Gasteiger partial charge in [-0.1, -0.05) is 98.7 Å². The number of rotatable bonds is 8. The Kier molecular flexibility index (Phi) is 10.5. The summed E-state index contributed by atoms with van der Waals surface area (Å²) < 4.78 is 14.0. The maximum atomic E-state index is 14.7. The fourth-order valence-electron chi connectivity index (χ4n) is 8.56. The van der Waals surface area contributed by atoms with Crippen molar-refractivity contribution < 1.29 is 18.4 Å². The van der Waals surface area contributed by atoms with Crippen LogP contribution in [-0.2, 0) is 23.9 Å². The Bertz CT molecular complexity index is 1800. The monoisotopic (exact) mass is 793 g/mol. The molecule has 7 rings (SSSR count). The van der Waals surface area contributed by atoms with E-state index in [0.717, 1.165) is 28.1 Å². The second-order valence-electron chi connectivity index (χ2n) is 20.8. The summed E-state index contributed by atoms with van der Waals surface area (Å²) in [6.45, 7) is 30.9. The largest absolute Gasteiger partial charge is 0.413 e. The first-order valence-electron chi connectivity index (χ1n) is 20.7. The molecule has 0 spiro atoms. The van der Waals surface area contributed by atoms with Crippen molar-refractivity contribution in [2.45, 2.75) is 153 Å². The Morgan fingerprint density at radius 2 is 0.946 bits per heavy atom. The zero-order valence-corrected chi connectivity index (χ0v) is 38.1. The van der Waals surface area contributed by atoms with Crippen LogP contribution in [0.1, 0.15) is 104 Å². The molecule has 0 N–H and O–H groups in total. The van der Waals surface area contributed by atoms with Crippen molar-refractivity contribution in [1.82, 2.24) is 9.80 Å². The Labute approximate surface area is 338 Å². The van der Waals surface area contributed by atoms with Gasteiger partial charge < -0.3 is 8.85 Å². The average Bonchev–Trinajstić information content (AvgIpc) is 3.83. The summed E-state index contributed by atoms with van der Waals surface area (Å²) in [5.41, 5.74) is 4.57. The first kappa shape index (κ1) is 41.0. The number of nitrogens with zero attached hydrogens (tertiary/aromatic N) is 4. The molecule has 56 heavy (non-hydrogen) atoms. The summed E-state index contributed by atoms with van der Waals surface area (Å²) in [5.74, 6) is 0.205. The minimum absolute atomic E-state index is 0.0280. The Morgan fingerprint density at radius 3 is 1.27 bits per heavy atom. The lowest BCUT2D eigenvalue weighted by Gasteiger charge is -2.41. The van der Waals surface area contributed by atoms with Gasteiger partial charge in [-0.25, -0.2) is 0 Å². The topological polar surface area (TPSA) is 65.6 Å². The number of carbonyl (C=O) groups is 2. The lowest BCUT2D eigenvalue weighted by Crippen LogP contribution is -2.45. The molecule has 4 fully saturated rings. The van der Waals surface area contributed by atoms with Crippen molar-refractivity contribution in [3.8, 4) is 0 Å². The Hall–Kier alpha value is -3.13. The zero-order chi connectivity index (χ0) is 40.7. The molecule has 0 saturated carbocycles. The lowest BCUT2D eigenvalue weighted by molar-refractivity contribution is -0.120. The number of fused-ring (bicyclic) bond motifs is 2. The van der Waals surface area contributed by atoms with Gasteiger partial charge in [-0.05, 0) is 78.8 Å². The van der Waals surface area contributed by atoms with E-state index in [1.807, 2.05) is 70.5 Å². The molecule has 4 heterocycles. The number of para-hydroxylation sites is 2. The van der Waals surface area contributed by atoms with Crippen LogP contribution in [0, 0.1) is 6.07 Å². The highest BCUT2D eigenvalue weighted by atomic mass is 28.4. The number of hydrogen-bond acceptors (Lipinski definition) is 6. The standard InChI is InChI=1S/C46H65N4O4Si2/c1-44(2,3)33-25-31(40-47-29-36(53-55(10,11)45(4,5)6)27-38(47)42(51)49(40)34-20-16-14-17-21-34)24-32(26-33)41-48-30-37(54-56(12,13)46(7,8)9)28-39(48)43(52)50(41)35-22-18-15-19-23-35/h14-23,25-26,36-41H,27-30H2,1-13H3/q-1/t36-,37-,38+,39+,40-,41-/m1/s1. The van der Waals surface area contributed by atoms with E-state index in [9.17, 15) is 9.59 Å². The van der Waals surface area contributed by atoms with E-state index in [4.69, 9.17) is 8.85 Å². The Balaban J connectivity index is 1.34. The average molecular weight is 794 g/mol. The van der Waals surface area contributed by atoms with Crippen molar-refractivity contribution in [2.24, 2.45) is 0 Å². The highest BCUT2D eigenvalue weighted by Crippen LogP contribution is 2.49. The molecule has 4 saturated heterocycles. The summed E-state index contributed by atoms with van der Waals surface area (Å²) in [6, 6.07) is 28.0. The van der Waals surface area contributed by atoms with Gasteiger partial charge in [0.15, 0.2) is 16.6 Å². The second-order valence-corrected chi connectivity index (χ2v) is 30.3. The van der Waals surface area contributed by atoms with Gasteiger partial charge in [0, 0.05) is 24.5 Å². The summed E-state index contributed by atoms with van der Waals surface area (Å²) in [7, 11) is -4.17.